The number of nitrogens with zero attached hydrogens (tertiary/aromatic N) is 3. The summed E-state index contributed by atoms with van der Waals surface area (Å²) in [7, 11) is 0. The van der Waals surface area contributed by atoms with E-state index in [-0.39, 0.29) is 11.2 Å². The Morgan fingerprint density at radius 3 is 2.33 bits per heavy atom. The van der Waals surface area contributed by atoms with Crippen LogP contribution in [0.4, 0.5) is 6.01 Å². The molecule has 0 amide bonds. The second-order valence-electron chi connectivity index (χ2n) is 7.48. The Hall–Kier alpha value is -1.14. The molecule has 1 aliphatic rings. The minimum Gasteiger partial charge on any atom is -0.407 e. The first-order chi connectivity index (χ1) is 9.67. The maximum absolute atomic E-state index is 6.07. The van der Waals surface area contributed by atoms with Crippen molar-refractivity contribution in [2.45, 2.75) is 59.3 Å². The summed E-state index contributed by atoms with van der Waals surface area (Å²) < 4.78 is 11.8. The van der Waals surface area contributed by atoms with Gasteiger partial charge in [0.05, 0.1) is 30.8 Å². The van der Waals surface area contributed by atoms with E-state index < -0.39 is 0 Å². The van der Waals surface area contributed by atoms with Crippen molar-refractivity contribution < 1.29 is 9.15 Å². The predicted molar refractivity (Wildman–Crippen MR) is 82.3 cm³/mol. The summed E-state index contributed by atoms with van der Waals surface area (Å²) in [6, 6.07) is 0.584. The molecule has 1 saturated heterocycles. The number of nitrogens with one attached hydrogen (secondary N) is 1. The molecule has 1 aromatic rings. The average Bonchev–Trinajstić information content (AvgIpc) is 2.73. The first-order valence-corrected chi connectivity index (χ1v) is 7.65. The smallest absolute Gasteiger partial charge is 0.318 e. The van der Waals surface area contributed by atoms with Crippen LogP contribution in [0.5, 0.6) is 0 Å². The molecule has 0 spiro atoms. The Balaban J connectivity index is 2.00. The van der Waals surface area contributed by atoms with Gasteiger partial charge >= 0.3 is 6.01 Å². The molecule has 2 heterocycles. The molecule has 1 fully saturated rings. The standard InChI is InChI=1S/C15H28N4O2/c1-11(2)7-16-8-12-17-18-13(20-12)19-9-14(3,4)21-15(5,6)10-19/h11,16H,7-10H2,1-6H3. The van der Waals surface area contributed by atoms with Gasteiger partial charge < -0.3 is 19.4 Å². The van der Waals surface area contributed by atoms with Gasteiger partial charge in [0, 0.05) is 0 Å². The maximum Gasteiger partial charge on any atom is 0.318 e. The van der Waals surface area contributed by atoms with Gasteiger partial charge in [-0.1, -0.05) is 18.9 Å². The van der Waals surface area contributed by atoms with E-state index in [0.717, 1.165) is 19.6 Å². The Morgan fingerprint density at radius 2 is 1.76 bits per heavy atom. The lowest BCUT2D eigenvalue weighted by molar-refractivity contribution is -0.134. The number of hydrogen-bond acceptors (Lipinski definition) is 6. The molecule has 1 aliphatic heterocycles. The fourth-order valence-corrected chi connectivity index (χ4v) is 2.83. The normalized spacial score (nSPS) is 21.0. The SMILES string of the molecule is CC(C)CNCc1nnc(N2CC(C)(C)OC(C)(C)C2)o1. The Bertz CT molecular complexity index is 452. The molecular formula is C15H28N4O2. The number of anilines is 1. The van der Waals surface area contributed by atoms with Crippen LogP contribution in [-0.2, 0) is 11.3 Å². The summed E-state index contributed by atoms with van der Waals surface area (Å²) in [5.74, 6) is 1.24. The van der Waals surface area contributed by atoms with Gasteiger partial charge in [-0.05, 0) is 40.2 Å². The zero-order valence-electron chi connectivity index (χ0n) is 14.1. The number of morpholine rings is 1. The zero-order valence-corrected chi connectivity index (χ0v) is 14.1. The van der Waals surface area contributed by atoms with Gasteiger partial charge in [-0.25, -0.2) is 0 Å². The maximum atomic E-state index is 6.07. The number of rotatable bonds is 5. The quantitative estimate of drug-likeness (QED) is 0.899. The molecule has 0 saturated carbocycles. The van der Waals surface area contributed by atoms with Crippen molar-refractivity contribution in [3.63, 3.8) is 0 Å². The van der Waals surface area contributed by atoms with Gasteiger partial charge in [-0.3, -0.25) is 0 Å². The van der Waals surface area contributed by atoms with Crippen LogP contribution in [0.25, 0.3) is 0 Å². The Labute approximate surface area is 127 Å². The summed E-state index contributed by atoms with van der Waals surface area (Å²) in [6.07, 6.45) is 0. The van der Waals surface area contributed by atoms with Gasteiger partial charge in [-0.15, -0.1) is 5.10 Å². The minimum absolute atomic E-state index is 0.230. The molecule has 1 aromatic heterocycles. The van der Waals surface area contributed by atoms with Crippen LogP contribution in [0.3, 0.4) is 0 Å². The van der Waals surface area contributed by atoms with Crippen LogP contribution in [0.2, 0.25) is 0 Å². The predicted octanol–water partition coefficient (Wildman–Crippen LogP) is 2.21. The molecule has 120 valence electrons. The monoisotopic (exact) mass is 296 g/mol. The van der Waals surface area contributed by atoms with Crippen molar-refractivity contribution in [3.8, 4) is 0 Å². The van der Waals surface area contributed by atoms with Crippen molar-refractivity contribution >= 4 is 6.01 Å². The lowest BCUT2D eigenvalue weighted by atomic mass is 9.99. The van der Waals surface area contributed by atoms with Crippen LogP contribution in [0, 0.1) is 5.92 Å². The highest BCUT2D eigenvalue weighted by atomic mass is 16.5. The highest BCUT2D eigenvalue weighted by Crippen LogP contribution is 2.30. The molecule has 0 radical (unpaired) electrons. The highest BCUT2D eigenvalue weighted by Gasteiger charge is 2.39. The van der Waals surface area contributed by atoms with E-state index in [2.05, 4.69) is 62.0 Å². The summed E-state index contributed by atoms with van der Waals surface area (Å²) in [6.45, 7) is 15.7. The first-order valence-electron chi connectivity index (χ1n) is 7.65. The van der Waals surface area contributed by atoms with Crippen molar-refractivity contribution in [2.75, 3.05) is 24.5 Å². The van der Waals surface area contributed by atoms with Gasteiger partial charge in [0.1, 0.15) is 0 Å². The molecule has 1 N–H and O–H groups in total. The zero-order chi connectivity index (χ0) is 15.7. The molecule has 0 atom stereocenters. The number of aromatic nitrogens is 2. The molecule has 0 unspecified atom stereocenters. The topological polar surface area (TPSA) is 63.4 Å². The van der Waals surface area contributed by atoms with Crippen LogP contribution in [-0.4, -0.2) is 41.0 Å². The minimum atomic E-state index is -0.230. The molecular weight excluding hydrogens is 268 g/mol. The Morgan fingerprint density at radius 1 is 1.14 bits per heavy atom. The third kappa shape index (κ3) is 4.68. The number of hydrogen-bond donors (Lipinski definition) is 1. The highest BCUT2D eigenvalue weighted by molar-refractivity contribution is 5.28. The molecule has 21 heavy (non-hydrogen) atoms. The van der Waals surface area contributed by atoms with Crippen LogP contribution >= 0.6 is 0 Å². The fourth-order valence-electron chi connectivity index (χ4n) is 2.83. The van der Waals surface area contributed by atoms with E-state index in [0.29, 0.717) is 24.4 Å². The third-order valence-corrected chi connectivity index (χ3v) is 3.25. The fraction of sp³-hybridized carbons (Fsp3) is 0.867. The van der Waals surface area contributed by atoms with Crippen molar-refractivity contribution in [3.05, 3.63) is 5.89 Å². The molecule has 2 rings (SSSR count). The molecule has 6 nitrogen and oxygen atoms in total. The van der Waals surface area contributed by atoms with E-state index in [1.165, 1.54) is 0 Å². The van der Waals surface area contributed by atoms with Gasteiger partial charge in [0.25, 0.3) is 0 Å². The average molecular weight is 296 g/mol. The molecule has 0 aromatic carbocycles. The second kappa shape index (κ2) is 5.93. The van der Waals surface area contributed by atoms with Crippen LogP contribution in [0.15, 0.2) is 4.42 Å². The lowest BCUT2D eigenvalue weighted by Gasteiger charge is -2.46. The summed E-state index contributed by atoms with van der Waals surface area (Å²) in [5, 5.41) is 11.6. The van der Waals surface area contributed by atoms with E-state index >= 15 is 0 Å². The lowest BCUT2D eigenvalue weighted by Crippen LogP contribution is -2.57. The van der Waals surface area contributed by atoms with E-state index in [1.54, 1.807) is 0 Å². The van der Waals surface area contributed by atoms with Gasteiger partial charge in [-0.2, -0.15) is 0 Å². The summed E-state index contributed by atoms with van der Waals surface area (Å²) in [5.41, 5.74) is -0.460. The van der Waals surface area contributed by atoms with Crippen molar-refractivity contribution in [1.29, 1.82) is 0 Å². The van der Waals surface area contributed by atoms with Crippen LogP contribution < -0.4 is 10.2 Å². The summed E-state index contributed by atoms with van der Waals surface area (Å²) in [4.78, 5) is 2.11. The Kier molecular flexibility index (Phi) is 4.58. The van der Waals surface area contributed by atoms with Gasteiger partial charge in [0.15, 0.2) is 0 Å². The second-order valence-corrected chi connectivity index (χ2v) is 7.48. The van der Waals surface area contributed by atoms with Crippen molar-refractivity contribution in [1.82, 2.24) is 15.5 Å². The molecule has 0 bridgehead atoms. The first kappa shape index (κ1) is 16.2. The largest absolute Gasteiger partial charge is 0.407 e. The summed E-state index contributed by atoms with van der Waals surface area (Å²) >= 11 is 0. The van der Waals surface area contributed by atoms with E-state index in [9.17, 15) is 0 Å². The van der Waals surface area contributed by atoms with E-state index in [4.69, 9.17) is 9.15 Å². The number of ether oxygens (including phenoxy) is 1. The third-order valence-electron chi connectivity index (χ3n) is 3.25. The van der Waals surface area contributed by atoms with Gasteiger partial charge in [0.2, 0.25) is 5.89 Å². The van der Waals surface area contributed by atoms with E-state index in [1.807, 2.05) is 0 Å². The van der Waals surface area contributed by atoms with Crippen molar-refractivity contribution in [2.24, 2.45) is 5.92 Å². The molecule has 6 heteroatoms. The van der Waals surface area contributed by atoms with Crippen LogP contribution in [0.1, 0.15) is 47.4 Å². The molecule has 0 aliphatic carbocycles.